The van der Waals surface area contributed by atoms with Crippen molar-refractivity contribution in [1.82, 2.24) is 9.97 Å². The number of hydrogen-bond acceptors (Lipinski definition) is 5. The molecule has 27 heavy (non-hydrogen) atoms. The van der Waals surface area contributed by atoms with E-state index in [0.717, 1.165) is 44.0 Å². The summed E-state index contributed by atoms with van der Waals surface area (Å²) >= 11 is 13.6. The van der Waals surface area contributed by atoms with E-state index in [0.29, 0.717) is 26.8 Å². The highest BCUT2D eigenvalue weighted by Gasteiger charge is 2.43. The third-order valence-electron chi connectivity index (χ3n) is 5.74. The van der Waals surface area contributed by atoms with E-state index in [-0.39, 0.29) is 11.0 Å². The third kappa shape index (κ3) is 3.73. The molecule has 4 rings (SSSR count). The van der Waals surface area contributed by atoms with E-state index in [1.165, 1.54) is 11.8 Å². The average molecular weight is 426 g/mol. The first-order valence-corrected chi connectivity index (χ1v) is 10.6. The highest BCUT2D eigenvalue weighted by Crippen LogP contribution is 2.43. The Balaban J connectivity index is 1.48. The fourth-order valence-electron chi connectivity index (χ4n) is 3.90. The van der Waals surface area contributed by atoms with Gasteiger partial charge in [0.25, 0.3) is 5.56 Å². The van der Waals surface area contributed by atoms with E-state index in [1.807, 2.05) is 12.1 Å². The SMILES string of the molecule is CC1COCC12CCN(c1ncc(Sc3cccc(Cl)c3Cl)[nH]c1=O)CC2. The summed E-state index contributed by atoms with van der Waals surface area (Å²) in [5.41, 5.74) is 0.0902. The largest absolute Gasteiger partial charge is 0.381 e. The van der Waals surface area contributed by atoms with E-state index in [1.54, 1.807) is 12.3 Å². The van der Waals surface area contributed by atoms with Crippen molar-refractivity contribution < 1.29 is 4.74 Å². The first-order chi connectivity index (χ1) is 13.0. The molecule has 0 radical (unpaired) electrons. The van der Waals surface area contributed by atoms with Crippen LogP contribution in [0.4, 0.5) is 5.82 Å². The van der Waals surface area contributed by atoms with Gasteiger partial charge in [0.05, 0.1) is 27.9 Å². The maximum Gasteiger partial charge on any atom is 0.291 e. The Morgan fingerprint density at radius 2 is 2.11 bits per heavy atom. The Bertz CT molecular complexity index is 897. The molecule has 1 aromatic carbocycles. The number of aromatic nitrogens is 2. The summed E-state index contributed by atoms with van der Waals surface area (Å²) in [6.07, 6.45) is 3.75. The molecule has 0 bridgehead atoms. The van der Waals surface area contributed by atoms with Crippen LogP contribution < -0.4 is 10.5 Å². The standard InChI is InChI=1S/C19H21Cl2N3O2S/c1-12-10-26-11-19(12)5-7-24(8-6-19)17-18(25)23-15(9-22-17)27-14-4-2-3-13(20)16(14)21/h2-4,9,12H,5-8,10-11H2,1H3,(H,23,25). The number of ether oxygens (including phenoxy) is 1. The predicted molar refractivity (Wildman–Crippen MR) is 109 cm³/mol. The number of benzene rings is 1. The maximum absolute atomic E-state index is 12.6. The van der Waals surface area contributed by atoms with E-state index in [2.05, 4.69) is 21.8 Å². The van der Waals surface area contributed by atoms with E-state index >= 15 is 0 Å². The van der Waals surface area contributed by atoms with Gasteiger partial charge < -0.3 is 14.6 Å². The molecule has 2 saturated heterocycles. The summed E-state index contributed by atoms with van der Waals surface area (Å²) in [6.45, 7) is 5.60. The lowest BCUT2D eigenvalue weighted by Crippen LogP contribution is -2.45. The van der Waals surface area contributed by atoms with Crippen LogP contribution in [0.25, 0.3) is 0 Å². The number of anilines is 1. The van der Waals surface area contributed by atoms with Gasteiger partial charge in [-0.05, 0) is 30.9 Å². The van der Waals surface area contributed by atoms with Gasteiger partial charge in [-0.15, -0.1) is 0 Å². The van der Waals surface area contributed by atoms with Crippen molar-refractivity contribution in [1.29, 1.82) is 0 Å². The average Bonchev–Trinajstić information content (AvgIpc) is 3.00. The van der Waals surface area contributed by atoms with Gasteiger partial charge in [-0.1, -0.05) is 48.0 Å². The van der Waals surface area contributed by atoms with Crippen molar-refractivity contribution in [3.8, 4) is 0 Å². The molecule has 1 N–H and O–H groups in total. The second kappa shape index (κ2) is 7.66. The molecule has 1 atom stereocenters. The lowest BCUT2D eigenvalue weighted by molar-refractivity contribution is 0.127. The van der Waals surface area contributed by atoms with E-state index in [4.69, 9.17) is 27.9 Å². The van der Waals surface area contributed by atoms with Crippen molar-refractivity contribution in [2.75, 3.05) is 31.2 Å². The van der Waals surface area contributed by atoms with Gasteiger partial charge in [0, 0.05) is 30.0 Å². The summed E-state index contributed by atoms with van der Waals surface area (Å²) in [7, 11) is 0. The number of piperidine rings is 1. The van der Waals surface area contributed by atoms with Crippen LogP contribution in [0, 0.1) is 11.3 Å². The van der Waals surface area contributed by atoms with Crippen LogP contribution in [0.15, 0.2) is 39.1 Å². The summed E-state index contributed by atoms with van der Waals surface area (Å²) in [4.78, 5) is 22.8. The minimum atomic E-state index is -0.176. The molecule has 144 valence electrons. The predicted octanol–water partition coefficient (Wildman–Crippen LogP) is 4.48. The van der Waals surface area contributed by atoms with Crippen LogP contribution >= 0.6 is 35.0 Å². The van der Waals surface area contributed by atoms with Gasteiger partial charge in [-0.25, -0.2) is 4.98 Å². The Kier molecular flexibility index (Phi) is 5.43. The number of halogens is 2. The smallest absolute Gasteiger partial charge is 0.291 e. The number of hydrogen-bond donors (Lipinski definition) is 1. The molecule has 0 saturated carbocycles. The normalized spacial score (nSPS) is 21.7. The minimum absolute atomic E-state index is 0.176. The molecule has 0 aliphatic carbocycles. The van der Waals surface area contributed by atoms with Gasteiger partial charge in [-0.3, -0.25) is 4.79 Å². The molecule has 8 heteroatoms. The maximum atomic E-state index is 12.6. The number of aromatic amines is 1. The number of H-pyrrole nitrogens is 1. The number of nitrogens with one attached hydrogen (secondary N) is 1. The molecule has 2 aliphatic heterocycles. The van der Waals surface area contributed by atoms with Gasteiger partial charge in [0.2, 0.25) is 0 Å². The van der Waals surface area contributed by atoms with Gasteiger partial charge in [0.1, 0.15) is 0 Å². The highest BCUT2D eigenvalue weighted by atomic mass is 35.5. The van der Waals surface area contributed by atoms with Crippen LogP contribution in [-0.2, 0) is 4.74 Å². The van der Waals surface area contributed by atoms with Crippen molar-refractivity contribution in [2.45, 2.75) is 29.7 Å². The minimum Gasteiger partial charge on any atom is -0.381 e. The summed E-state index contributed by atoms with van der Waals surface area (Å²) in [5, 5.41) is 1.60. The highest BCUT2D eigenvalue weighted by molar-refractivity contribution is 7.99. The van der Waals surface area contributed by atoms with Crippen LogP contribution in [0.5, 0.6) is 0 Å². The molecule has 1 spiro atoms. The van der Waals surface area contributed by atoms with Crippen molar-refractivity contribution in [3.63, 3.8) is 0 Å². The molecule has 2 aromatic rings. The molecular formula is C19H21Cl2N3O2S. The van der Waals surface area contributed by atoms with Crippen LogP contribution in [0.1, 0.15) is 19.8 Å². The van der Waals surface area contributed by atoms with Gasteiger partial charge in [0.15, 0.2) is 5.82 Å². The lowest BCUT2D eigenvalue weighted by Gasteiger charge is -2.41. The topological polar surface area (TPSA) is 58.2 Å². The summed E-state index contributed by atoms with van der Waals surface area (Å²) in [6, 6.07) is 5.42. The van der Waals surface area contributed by atoms with Crippen molar-refractivity contribution >= 4 is 40.8 Å². The fraction of sp³-hybridized carbons (Fsp3) is 0.474. The third-order valence-corrected chi connectivity index (χ3v) is 7.66. The molecular weight excluding hydrogens is 405 g/mol. The Morgan fingerprint density at radius 1 is 1.33 bits per heavy atom. The van der Waals surface area contributed by atoms with Crippen LogP contribution in [0.2, 0.25) is 10.0 Å². The first kappa shape index (κ1) is 19.1. The Morgan fingerprint density at radius 3 is 2.78 bits per heavy atom. The van der Waals surface area contributed by atoms with E-state index in [9.17, 15) is 4.79 Å². The number of nitrogens with zero attached hydrogens (tertiary/aromatic N) is 2. The van der Waals surface area contributed by atoms with Crippen molar-refractivity contribution in [2.24, 2.45) is 11.3 Å². The molecule has 2 aliphatic rings. The summed E-state index contributed by atoms with van der Waals surface area (Å²) in [5.74, 6) is 1.06. The molecule has 2 fully saturated rings. The fourth-order valence-corrected chi connectivity index (χ4v) is 5.20. The van der Waals surface area contributed by atoms with Gasteiger partial charge in [-0.2, -0.15) is 0 Å². The molecule has 1 unspecified atom stereocenters. The van der Waals surface area contributed by atoms with Crippen LogP contribution in [-0.4, -0.2) is 36.3 Å². The second-order valence-electron chi connectivity index (χ2n) is 7.32. The molecule has 5 nitrogen and oxygen atoms in total. The number of rotatable bonds is 3. The molecule has 1 aromatic heterocycles. The first-order valence-electron chi connectivity index (χ1n) is 9.02. The Hall–Kier alpha value is -1.21. The Labute approximate surface area is 172 Å². The zero-order valence-electron chi connectivity index (χ0n) is 15.0. The molecule has 3 heterocycles. The second-order valence-corrected chi connectivity index (χ2v) is 9.19. The zero-order chi connectivity index (χ0) is 19.0. The van der Waals surface area contributed by atoms with Gasteiger partial charge >= 0.3 is 0 Å². The van der Waals surface area contributed by atoms with Crippen molar-refractivity contribution in [3.05, 3.63) is 44.8 Å². The lowest BCUT2D eigenvalue weighted by atomic mass is 9.72. The van der Waals surface area contributed by atoms with E-state index < -0.39 is 0 Å². The summed E-state index contributed by atoms with van der Waals surface area (Å²) < 4.78 is 5.68. The zero-order valence-corrected chi connectivity index (χ0v) is 17.3. The molecule has 0 amide bonds. The monoisotopic (exact) mass is 425 g/mol. The quantitative estimate of drug-likeness (QED) is 0.784. The van der Waals surface area contributed by atoms with Crippen LogP contribution in [0.3, 0.4) is 0 Å².